The molecule has 1 heterocycles. The minimum atomic E-state index is -0.649. The number of nitrogens with zero attached hydrogens (tertiary/aromatic N) is 1. The zero-order chi connectivity index (χ0) is 24.0. The molecule has 0 radical (unpaired) electrons. The van der Waals surface area contributed by atoms with E-state index in [0.29, 0.717) is 44.0 Å². The zero-order valence-corrected chi connectivity index (χ0v) is 20.3. The SMILES string of the molecule is COc1ccc(CNC(=O)C2(c3ccccc3)CCN(C(=O)C3CCCCC3)CC2)c(OC)c1. The van der Waals surface area contributed by atoms with Crippen LogP contribution < -0.4 is 14.8 Å². The van der Waals surface area contributed by atoms with Gasteiger partial charge in [-0.05, 0) is 43.4 Å². The third-order valence-electron chi connectivity index (χ3n) is 7.58. The summed E-state index contributed by atoms with van der Waals surface area (Å²) in [5.74, 6) is 1.84. The molecule has 1 aliphatic carbocycles. The number of likely N-dealkylation sites (tertiary alicyclic amines) is 1. The summed E-state index contributed by atoms with van der Waals surface area (Å²) in [5, 5.41) is 3.16. The smallest absolute Gasteiger partial charge is 0.231 e. The second kappa shape index (κ2) is 10.9. The topological polar surface area (TPSA) is 67.9 Å². The molecule has 1 aliphatic heterocycles. The Morgan fingerprint density at radius 2 is 1.68 bits per heavy atom. The van der Waals surface area contributed by atoms with Gasteiger partial charge in [0, 0.05) is 37.2 Å². The summed E-state index contributed by atoms with van der Waals surface area (Å²) < 4.78 is 10.8. The van der Waals surface area contributed by atoms with Crippen LogP contribution in [0.5, 0.6) is 11.5 Å². The maximum atomic E-state index is 13.7. The van der Waals surface area contributed by atoms with Gasteiger partial charge < -0.3 is 19.7 Å². The largest absolute Gasteiger partial charge is 0.497 e. The molecule has 2 fully saturated rings. The first-order chi connectivity index (χ1) is 16.6. The van der Waals surface area contributed by atoms with E-state index in [1.165, 1.54) is 6.42 Å². The molecule has 1 saturated heterocycles. The molecule has 0 aromatic heterocycles. The van der Waals surface area contributed by atoms with Crippen LogP contribution in [0.3, 0.4) is 0 Å². The lowest BCUT2D eigenvalue weighted by atomic mass is 9.71. The van der Waals surface area contributed by atoms with Crippen molar-refractivity contribution in [3.05, 3.63) is 59.7 Å². The number of benzene rings is 2. The molecule has 0 unspecified atom stereocenters. The standard InChI is InChI=1S/C28H36N2O4/c1-33-24-14-13-22(25(19-24)34-2)20-29-27(32)28(23-11-7-4-8-12-23)15-17-30(18-16-28)26(31)21-9-5-3-6-10-21/h4,7-8,11-14,19,21H,3,5-6,9-10,15-18,20H2,1-2H3,(H,29,32). The molecule has 0 bridgehead atoms. The van der Waals surface area contributed by atoms with Crippen LogP contribution in [0, 0.1) is 5.92 Å². The molecule has 34 heavy (non-hydrogen) atoms. The minimum Gasteiger partial charge on any atom is -0.497 e. The molecule has 6 nitrogen and oxygen atoms in total. The van der Waals surface area contributed by atoms with Gasteiger partial charge >= 0.3 is 0 Å². The minimum absolute atomic E-state index is 0.00124. The fourth-order valence-electron chi connectivity index (χ4n) is 5.46. The number of ether oxygens (including phenoxy) is 2. The summed E-state index contributed by atoms with van der Waals surface area (Å²) >= 11 is 0. The van der Waals surface area contributed by atoms with E-state index in [4.69, 9.17) is 9.47 Å². The van der Waals surface area contributed by atoms with Crippen LogP contribution in [-0.2, 0) is 21.5 Å². The molecule has 1 N–H and O–H groups in total. The summed E-state index contributed by atoms with van der Waals surface area (Å²) in [5.41, 5.74) is 1.26. The third-order valence-corrected chi connectivity index (χ3v) is 7.58. The first-order valence-electron chi connectivity index (χ1n) is 12.4. The number of methoxy groups -OCH3 is 2. The first-order valence-corrected chi connectivity index (χ1v) is 12.4. The van der Waals surface area contributed by atoms with E-state index < -0.39 is 5.41 Å². The van der Waals surface area contributed by atoms with Crippen molar-refractivity contribution in [3.8, 4) is 11.5 Å². The predicted molar refractivity (Wildman–Crippen MR) is 132 cm³/mol. The van der Waals surface area contributed by atoms with E-state index in [1.54, 1.807) is 14.2 Å². The summed E-state index contributed by atoms with van der Waals surface area (Å²) in [4.78, 5) is 28.8. The molecule has 4 rings (SSSR count). The summed E-state index contributed by atoms with van der Waals surface area (Å²) in [6.45, 7) is 1.60. The Labute approximate surface area is 202 Å². The highest BCUT2D eigenvalue weighted by Gasteiger charge is 2.44. The number of rotatable bonds is 7. The van der Waals surface area contributed by atoms with Gasteiger partial charge in [0.25, 0.3) is 0 Å². The number of hydrogen-bond donors (Lipinski definition) is 1. The highest BCUT2D eigenvalue weighted by molar-refractivity contribution is 5.89. The van der Waals surface area contributed by atoms with Crippen molar-refractivity contribution in [1.29, 1.82) is 0 Å². The molecule has 2 aliphatic rings. The fraction of sp³-hybridized carbons (Fsp3) is 0.500. The Hall–Kier alpha value is -3.02. The lowest BCUT2D eigenvalue weighted by Gasteiger charge is -2.42. The lowest BCUT2D eigenvalue weighted by molar-refractivity contribution is -0.141. The predicted octanol–water partition coefficient (Wildman–Crippen LogP) is 4.46. The van der Waals surface area contributed by atoms with E-state index in [9.17, 15) is 9.59 Å². The van der Waals surface area contributed by atoms with E-state index in [-0.39, 0.29) is 17.7 Å². The monoisotopic (exact) mass is 464 g/mol. The number of hydrogen-bond acceptors (Lipinski definition) is 4. The quantitative estimate of drug-likeness (QED) is 0.657. The molecule has 2 aromatic rings. The van der Waals surface area contributed by atoms with Crippen molar-refractivity contribution in [2.24, 2.45) is 5.92 Å². The van der Waals surface area contributed by atoms with E-state index in [1.807, 2.05) is 53.4 Å². The average Bonchev–Trinajstić information content (AvgIpc) is 2.92. The fourth-order valence-corrected chi connectivity index (χ4v) is 5.46. The van der Waals surface area contributed by atoms with Crippen LogP contribution in [0.15, 0.2) is 48.5 Å². The van der Waals surface area contributed by atoms with Crippen molar-refractivity contribution in [2.45, 2.75) is 56.9 Å². The molecule has 2 aromatic carbocycles. The van der Waals surface area contributed by atoms with Crippen LogP contribution in [0.1, 0.15) is 56.1 Å². The van der Waals surface area contributed by atoms with Crippen LogP contribution in [0.25, 0.3) is 0 Å². The Morgan fingerprint density at radius 1 is 0.971 bits per heavy atom. The van der Waals surface area contributed by atoms with Gasteiger partial charge in [0.05, 0.1) is 19.6 Å². The maximum Gasteiger partial charge on any atom is 0.231 e. The van der Waals surface area contributed by atoms with Crippen LogP contribution in [-0.4, -0.2) is 44.0 Å². The Balaban J connectivity index is 1.49. The first kappa shape index (κ1) is 24.1. The van der Waals surface area contributed by atoms with Gasteiger partial charge in [-0.2, -0.15) is 0 Å². The molecule has 6 heteroatoms. The van der Waals surface area contributed by atoms with Crippen molar-refractivity contribution in [1.82, 2.24) is 10.2 Å². The highest BCUT2D eigenvalue weighted by Crippen LogP contribution is 2.37. The van der Waals surface area contributed by atoms with Crippen molar-refractivity contribution in [3.63, 3.8) is 0 Å². The summed E-state index contributed by atoms with van der Waals surface area (Å²) in [6.07, 6.45) is 6.79. The average molecular weight is 465 g/mol. The molecular weight excluding hydrogens is 428 g/mol. The summed E-state index contributed by atoms with van der Waals surface area (Å²) in [6, 6.07) is 15.6. The summed E-state index contributed by atoms with van der Waals surface area (Å²) in [7, 11) is 3.23. The molecule has 0 spiro atoms. The second-order valence-electron chi connectivity index (χ2n) is 9.47. The van der Waals surface area contributed by atoms with Gasteiger partial charge in [-0.15, -0.1) is 0 Å². The molecule has 1 saturated carbocycles. The van der Waals surface area contributed by atoms with Gasteiger partial charge in [-0.3, -0.25) is 9.59 Å². The van der Waals surface area contributed by atoms with Gasteiger partial charge in [0.1, 0.15) is 11.5 Å². The van der Waals surface area contributed by atoms with Crippen molar-refractivity contribution in [2.75, 3.05) is 27.3 Å². The number of amides is 2. The van der Waals surface area contributed by atoms with E-state index in [0.717, 1.165) is 36.8 Å². The van der Waals surface area contributed by atoms with Crippen LogP contribution in [0.2, 0.25) is 0 Å². The highest BCUT2D eigenvalue weighted by atomic mass is 16.5. The normalized spacial score (nSPS) is 18.2. The lowest BCUT2D eigenvalue weighted by Crippen LogP contribution is -2.53. The molecule has 182 valence electrons. The van der Waals surface area contributed by atoms with Crippen molar-refractivity contribution < 1.29 is 19.1 Å². The van der Waals surface area contributed by atoms with Gasteiger partial charge in [0.2, 0.25) is 11.8 Å². The Kier molecular flexibility index (Phi) is 7.76. The number of carbonyl (C=O) groups is 2. The van der Waals surface area contributed by atoms with Gasteiger partial charge in [0.15, 0.2) is 0 Å². The third kappa shape index (κ3) is 5.06. The van der Waals surface area contributed by atoms with Gasteiger partial charge in [-0.1, -0.05) is 49.6 Å². The zero-order valence-electron chi connectivity index (χ0n) is 20.3. The van der Waals surface area contributed by atoms with Crippen molar-refractivity contribution >= 4 is 11.8 Å². The van der Waals surface area contributed by atoms with Crippen LogP contribution in [0.4, 0.5) is 0 Å². The van der Waals surface area contributed by atoms with Crippen LogP contribution >= 0.6 is 0 Å². The molecular formula is C28H36N2O4. The maximum absolute atomic E-state index is 13.7. The molecule has 0 atom stereocenters. The number of carbonyl (C=O) groups excluding carboxylic acids is 2. The molecule has 2 amide bonds. The number of piperidine rings is 1. The Bertz CT molecular complexity index is 977. The van der Waals surface area contributed by atoms with E-state index in [2.05, 4.69) is 5.32 Å². The number of nitrogens with one attached hydrogen (secondary N) is 1. The van der Waals surface area contributed by atoms with Gasteiger partial charge in [-0.25, -0.2) is 0 Å². The Morgan fingerprint density at radius 3 is 2.32 bits per heavy atom. The second-order valence-corrected chi connectivity index (χ2v) is 9.47. The van der Waals surface area contributed by atoms with E-state index >= 15 is 0 Å².